The van der Waals surface area contributed by atoms with Crippen LogP contribution in [0.5, 0.6) is 5.75 Å². The molecule has 124 valence electrons. The summed E-state index contributed by atoms with van der Waals surface area (Å²) in [6, 6.07) is 10.8. The van der Waals surface area contributed by atoms with Crippen LogP contribution in [0.2, 0.25) is 0 Å². The molecule has 0 aliphatic rings. The van der Waals surface area contributed by atoms with E-state index in [2.05, 4.69) is 15.8 Å². The van der Waals surface area contributed by atoms with Crippen molar-refractivity contribution in [2.75, 3.05) is 11.9 Å². The summed E-state index contributed by atoms with van der Waals surface area (Å²) in [5.74, 6) is -0.832. The van der Waals surface area contributed by atoms with Crippen molar-refractivity contribution in [3.8, 4) is 5.75 Å². The predicted molar refractivity (Wildman–Crippen MR) is 87.9 cm³/mol. The minimum absolute atomic E-state index is 0.000426. The second-order valence-corrected chi connectivity index (χ2v) is 4.99. The van der Waals surface area contributed by atoms with Crippen LogP contribution in [-0.2, 0) is 4.79 Å². The van der Waals surface area contributed by atoms with Crippen molar-refractivity contribution >= 4 is 23.5 Å². The molecule has 2 rings (SSSR count). The van der Waals surface area contributed by atoms with E-state index in [9.17, 15) is 20.0 Å². The Hall–Kier alpha value is -3.42. The Balaban J connectivity index is 1.89. The van der Waals surface area contributed by atoms with Gasteiger partial charge in [-0.15, -0.1) is 0 Å². The van der Waals surface area contributed by atoms with Gasteiger partial charge in [0.15, 0.2) is 0 Å². The average molecular weight is 327 g/mol. The van der Waals surface area contributed by atoms with Crippen LogP contribution in [-0.4, -0.2) is 23.6 Å². The number of non-ortho nitro benzene ring substituents is 1. The number of hydrogen-bond acceptors (Lipinski definition) is 6. The van der Waals surface area contributed by atoms with E-state index in [1.54, 1.807) is 0 Å². The number of nitro benzene ring substituents is 1. The number of nitro groups is 1. The highest BCUT2D eigenvalue weighted by molar-refractivity contribution is 5.86. The lowest BCUT2D eigenvalue weighted by Gasteiger charge is -2.09. The van der Waals surface area contributed by atoms with Gasteiger partial charge in [0.05, 0.1) is 17.7 Å². The van der Waals surface area contributed by atoms with Gasteiger partial charge in [-0.1, -0.05) is 29.5 Å². The van der Waals surface area contributed by atoms with Crippen LogP contribution in [0.3, 0.4) is 0 Å². The Morgan fingerprint density at radius 2 is 1.96 bits per heavy atom. The van der Waals surface area contributed by atoms with E-state index in [0.29, 0.717) is 0 Å². The zero-order valence-electron chi connectivity index (χ0n) is 12.9. The number of nitrogens with zero attached hydrogens (tertiary/aromatic N) is 2. The van der Waals surface area contributed by atoms with Gasteiger partial charge in [-0.3, -0.25) is 14.9 Å². The molecule has 0 aliphatic carbocycles. The first kappa shape index (κ1) is 16.9. The summed E-state index contributed by atoms with van der Waals surface area (Å²) in [6.07, 6.45) is 1.08. The summed E-state index contributed by atoms with van der Waals surface area (Å²) in [7, 11) is 0. The van der Waals surface area contributed by atoms with E-state index >= 15 is 0 Å². The first-order valence-corrected chi connectivity index (χ1v) is 7.03. The van der Waals surface area contributed by atoms with Crippen LogP contribution < -0.4 is 15.8 Å². The van der Waals surface area contributed by atoms with Gasteiger partial charge in [-0.2, -0.15) is 5.10 Å². The Bertz CT molecular complexity index is 772. The molecule has 0 spiro atoms. The fourth-order valence-corrected chi connectivity index (χ4v) is 1.82. The van der Waals surface area contributed by atoms with Crippen LogP contribution in [0.15, 0.2) is 47.6 Å². The molecule has 0 unspecified atom stereocenters. The number of rotatable bonds is 6. The molecule has 2 aromatic rings. The van der Waals surface area contributed by atoms with Gasteiger partial charge in [-0.05, 0) is 24.6 Å². The monoisotopic (exact) mass is 327 g/mol. The lowest BCUT2D eigenvalue weighted by molar-refractivity contribution is -0.385. The maximum absolute atomic E-state index is 11.7. The third kappa shape index (κ3) is 4.80. The van der Waals surface area contributed by atoms with Crippen molar-refractivity contribution in [1.29, 1.82) is 0 Å². The molecule has 1 amide bonds. The van der Waals surface area contributed by atoms with E-state index in [1.807, 2.05) is 31.2 Å². The van der Waals surface area contributed by atoms with Gasteiger partial charge in [0, 0.05) is 17.8 Å². The third-order valence-electron chi connectivity index (χ3n) is 3.10. The van der Waals surface area contributed by atoms with E-state index in [4.69, 9.17) is 0 Å². The maximum atomic E-state index is 11.7. The average Bonchev–Trinajstić information content (AvgIpc) is 2.56. The van der Waals surface area contributed by atoms with Gasteiger partial charge in [0.25, 0.3) is 11.6 Å². The highest BCUT2D eigenvalue weighted by atomic mass is 16.6. The quantitative estimate of drug-likeness (QED) is 0.474. The molecule has 0 saturated carbocycles. The molecule has 0 atom stereocenters. The minimum atomic E-state index is -0.610. The van der Waals surface area contributed by atoms with Crippen molar-refractivity contribution < 1.29 is 14.8 Å². The van der Waals surface area contributed by atoms with E-state index < -0.39 is 16.6 Å². The lowest BCUT2D eigenvalue weighted by Crippen LogP contribution is -2.25. The highest BCUT2D eigenvalue weighted by Gasteiger charge is 2.05. The summed E-state index contributed by atoms with van der Waals surface area (Å²) >= 11 is 0. The molecule has 0 bridgehead atoms. The van der Waals surface area contributed by atoms with Crippen molar-refractivity contribution in [3.63, 3.8) is 0 Å². The number of carbonyl (C=O) groups excluding carboxylic acids is 1. The molecule has 2 aromatic carbocycles. The number of hydrazone groups is 1. The van der Waals surface area contributed by atoms with Crippen molar-refractivity contribution in [1.82, 2.24) is 5.43 Å². The fraction of sp³-hybridized carbons (Fsp3) is 0.125. The van der Waals surface area contributed by atoms with Crippen molar-refractivity contribution in [3.05, 3.63) is 63.7 Å². The lowest BCUT2D eigenvalue weighted by atomic mass is 10.2. The van der Waals surface area contributed by atoms with Crippen LogP contribution in [0, 0.1) is 17.0 Å². The molecule has 8 heteroatoms. The third-order valence-corrected chi connectivity index (χ3v) is 3.10. The second-order valence-electron chi connectivity index (χ2n) is 4.99. The molecule has 0 aliphatic heterocycles. The second kappa shape index (κ2) is 7.73. The number of aryl methyl sites for hydroxylation is 1. The highest BCUT2D eigenvalue weighted by Crippen LogP contribution is 2.18. The molecule has 0 fully saturated rings. The summed E-state index contributed by atoms with van der Waals surface area (Å²) in [6.45, 7) is 1.96. The number of nitrogens with one attached hydrogen (secondary N) is 2. The summed E-state index contributed by atoms with van der Waals surface area (Å²) in [5, 5.41) is 28.8. The zero-order valence-corrected chi connectivity index (χ0v) is 12.9. The maximum Gasteiger partial charge on any atom is 0.270 e. The topological polar surface area (TPSA) is 120 Å². The molecule has 8 nitrogen and oxygen atoms in total. The molecule has 0 radical (unpaired) electrons. The standard InChI is InChI=1S/C16H16N4O4/c1-11-2-4-13(5-3-11)17-10-16(22)19-18-9-12-8-14(20(23)24)6-7-15(12)21/h2-9,17,21H,10H2,1H3,(H,19,22)/p-1/b18-9+. The summed E-state index contributed by atoms with van der Waals surface area (Å²) in [4.78, 5) is 21.7. The van der Waals surface area contributed by atoms with Crippen LogP contribution in [0.25, 0.3) is 0 Å². The minimum Gasteiger partial charge on any atom is -0.872 e. The van der Waals surface area contributed by atoms with Crippen molar-refractivity contribution in [2.45, 2.75) is 6.92 Å². The molecule has 0 aromatic heterocycles. The Morgan fingerprint density at radius 1 is 1.25 bits per heavy atom. The van der Waals surface area contributed by atoms with E-state index in [-0.39, 0.29) is 17.8 Å². The number of amides is 1. The molecule has 2 N–H and O–H groups in total. The predicted octanol–water partition coefficient (Wildman–Crippen LogP) is 1.54. The normalized spacial score (nSPS) is 10.5. The summed E-state index contributed by atoms with van der Waals surface area (Å²) < 4.78 is 0. The number of hydrogen-bond donors (Lipinski definition) is 2. The zero-order chi connectivity index (χ0) is 17.5. The van der Waals surface area contributed by atoms with Gasteiger partial charge < -0.3 is 10.4 Å². The van der Waals surface area contributed by atoms with Gasteiger partial charge in [0.2, 0.25) is 0 Å². The Labute approximate surface area is 138 Å². The fourth-order valence-electron chi connectivity index (χ4n) is 1.82. The van der Waals surface area contributed by atoms with Crippen LogP contribution >= 0.6 is 0 Å². The summed E-state index contributed by atoms with van der Waals surface area (Å²) in [5.41, 5.74) is 3.96. The number of benzene rings is 2. The van der Waals surface area contributed by atoms with Crippen molar-refractivity contribution in [2.24, 2.45) is 5.10 Å². The van der Waals surface area contributed by atoms with Gasteiger partial charge >= 0.3 is 0 Å². The molecule has 0 saturated heterocycles. The van der Waals surface area contributed by atoms with Crippen LogP contribution in [0.1, 0.15) is 11.1 Å². The molecule has 24 heavy (non-hydrogen) atoms. The van der Waals surface area contributed by atoms with Crippen LogP contribution in [0.4, 0.5) is 11.4 Å². The molecule has 0 heterocycles. The SMILES string of the molecule is Cc1ccc(NCC(=O)N/N=C/c2cc([N+](=O)[O-])ccc2[O-])cc1. The van der Waals surface area contributed by atoms with E-state index in [1.165, 1.54) is 0 Å². The smallest absolute Gasteiger partial charge is 0.270 e. The van der Waals surface area contributed by atoms with Gasteiger partial charge in [-0.25, -0.2) is 5.43 Å². The first-order chi connectivity index (χ1) is 11.5. The first-order valence-electron chi connectivity index (χ1n) is 7.03. The number of anilines is 1. The number of carbonyl (C=O) groups is 1. The molecular weight excluding hydrogens is 312 g/mol. The molecular formula is C16H15N4O4-. The largest absolute Gasteiger partial charge is 0.872 e. The Kier molecular flexibility index (Phi) is 5.45. The Morgan fingerprint density at radius 3 is 2.62 bits per heavy atom. The van der Waals surface area contributed by atoms with Gasteiger partial charge in [0.1, 0.15) is 0 Å². The van der Waals surface area contributed by atoms with E-state index in [0.717, 1.165) is 35.7 Å².